The lowest BCUT2D eigenvalue weighted by Crippen LogP contribution is -2.44. The first-order valence-corrected chi connectivity index (χ1v) is 13.2. The Morgan fingerprint density at radius 3 is 2.30 bits per heavy atom. The molecule has 2 aromatic heterocycles. The summed E-state index contributed by atoms with van der Waals surface area (Å²) in [4.78, 5) is 9.10. The Kier molecular flexibility index (Phi) is 6.89. The number of hydrogen-bond donors (Lipinski definition) is 1. The maximum absolute atomic E-state index is 13.7. The molecule has 1 aliphatic heterocycles. The van der Waals surface area contributed by atoms with Crippen molar-refractivity contribution in [2.75, 3.05) is 64.2 Å². The standard InChI is InChI=1S/C21H25BrN4O5S2/c1-25-7-9-26(10-8-25)21-18-17(5-6-23-21)32-20(22)19(18)33(27,28)24-13-11-15(30-3)16(31-4)12-14(13)29-2/h5-6,11-12,24H,7-10H2,1-4H3. The first-order valence-electron chi connectivity index (χ1n) is 10.1. The zero-order valence-corrected chi connectivity index (χ0v) is 21.9. The van der Waals surface area contributed by atoms with Crippen LogP contribution in [0, 0.1) is 0 Å². The molecule has 1 aliphatic rings. The van der Waals surface area contributed by atoms with Crippen LogP contribution in [-0.2, 0) is 10.0 Å². The zero-order valence-electron chi connectivity index (χ0n) is 18.7. The van der Waals surface area contributed by atoms with Crippen molar-refractivity contribution in [1.82, 2.24) is 9.88 Å². The van der Waals surface area contributed by atoms with Gasteiger partial charge in [-0.1, -0.05) is 0 Å². The Hall–Kier alpha value is -2.28. The normalized spacial score (nSPS) is 15.0. The molecule has 1 saturated heterocycles. The molecular weight excluding hydrogens is 532 g/mol. The van der Waals surface area contributed by atoms with Crippen molar-refractivity contribution in [3.05, 3.63) is 28.2 Å². The quantitative estimate of drug-likeness (QED) is 0.471. The molecule has 1 aromatic carbocycles. The molecule has 0 spiro atoms. The molecule has 0 amide bonds. The fraction of sp³-hybridized carbons (Fsp3) is 0.381. The lowest BCUT2D eigenvalue weighted by molar-refractivity contribution is 0.312. The van der Waals surface area contributed by atoms with E-state index in [1.807, 2.05) is 6.07 Å². The van der Waals surface area contributed by atoms with Crippen LogP contribution in [0.3, 0.4) is 0 Å². The van der Waals surface area contributed by atoms with Gasteiger partial charge < -0.3 is 24.0 Å². The topological polar surface area (TPSA) is 93.2 Å². The lowest BCUT2D eigenvalue weighted by atomic mass is 10.2. The van der Waals surface area contributed by atoms with Gasteiger partial charge in [0.15, 0.2) is 11.5 Å². The molecule has 1 N–H and O–H groups in total. The molecule has 33 heavy (non-hydrogen) atoms. The molecule has 178 valence electrons. The maximum Gasteiger partial charge on any atom is 0.264 e. The summed E-state index contributed by atoms with van der Waals surface area (Å²) in [7, 11) is 2.51. The highest BCUT2D eigenvalue weighted by atomic mass is 79.9. The van der Waals surface area contributed by atoms with Gasteiger partial charge in [-0.15, -0.1) is 11.3 Å². The third kappa shape index (κ3) is 4.57. The van der Waals surface area contributed by atoms with Crippen molar-refractivity contribution in [2.45, 2.75) is 4.90 Å². The second kappa shape index (κ2) is 9.53. The van der Waals surface area contributed by atoms with E-state index in [0.29, 0.717) is 32.2 Å². The smallest absolute Gasteiger partial charge is 0.264 e. The van der Waals surface area contributed by atoms with Gasteiger partial charge in [-0.25, -0.2) is 13.4 Å². The number of likely N-dealkylation sites (N-methyl/N-ethyl adjacent to an activating group) is 1. The molecule has 0 radical (unpaired) electrons. The number of benzene rings is 1. The fourth-order valence-electron chi connectivity index (χ4n) is 3.78. The van der Waals surface area contributed by atoms with Gasteiger partial charge in [0.25, 0.3) is 10.0 Å². The Bertz CT molecular complexity index is 1270. The molecule has 0 saturated carbocycles. The van der Waals surface area contributed by atoms with Gasteiger partial charge in [-0.2, -0.15) is 0 Å². The highest BCUT2D eigenvalue weighted by Crippen LogP contribution is 2.44. The van der Waals surface area contributed by atoms with E-state index in [0.717, 1.165) is 30.9 Å². The van der Waals surface area contributed by atoms with Crippen LogP contribution in [0.2, 0.25) is 0 Å². The van der Waals surface area contributed by atoms with E-state index in [4.69, 9.17) is 14.2 Å². The molecule has 9 nitrogen and oxygen atoms in total. The molecule has 3 aromatic rings. The van der Waals surface area contributed by atoms with E-state index >= 15 is 0 Å². The summed E-state index contributed by atoms with van der Waals surface area (Å²) >= 11 is 4.85. The van der Waals surface area contributed by atoms with Gasteiger partial charge in [-0.05, 0) is 29.0 Å². The number of aromatic nitrogens is 1. The largest absolute Gasteiger partial charge is 0.494 e. The fourth-order valence-corrected chi connectivity index (χ4v) is 7.70. The zero-order chi connectivity index (χ0) is 23.8. The third-order valence-corrected chi connectivity index (χ3v) is 9.17. The van der Waals surface area contributed by atoms with E-state index in [1.54, 1.807) is 12.3 Å². The highest BCUT2D eigenvalue weighted by Gasteiger charge is 2.30. The van der Waals surface area contributed by atoms with Crippen LogP contribution in [0.5, 0.6) is 17.2 Å². The van der Waals surface area contributed by atoms with Crippen LogP contribution in [0.15, 0.2) is 33.1 Å². The van der Waals surface area contributed by atoms with Crippen molar-refractivity contribution in [2.24, 2.45) is 0 Å². The second-order valence-electron chi connectivity index (χ2n) is 7.52. The number of nitrogens with one attached hydrogen (secondary N) is 1. The van der Waals surface area contributed by atoms with Crippen molar-refractivity contribution in [3.8, 4) is 17.2 Å². The first-order chi connectivity index (χ1) is 15.8. The number of methoxy groups -OCH3 is 3. The number of nitrogens with zero attached hydrogens (tertiary/aromatic N) is 3. The predicted molar refractivity (Wildman–Crippen MR) is 134 cm³/mol. The minimum Gasteiger partial charge on any atom is -0.494 e. The number of hydrogen-bond acceptors (Lipinski definition) is 9. The highest BCUT2D eigenvalue weighted by molar-refractivity contribution is 9.11. The van der Waals surface area contributed by atoms with Crippen LogP contribution in [0.1, 0.15) is 0 Å². The van der Waals surface area contributed by atoms with Crippen LogP contribution >= 0.6 is 27.3 Å². The van der Waals surface area contributed by atoms with Gasteiger partial charge in [0.1, 0.15) is 16.5 Å². The number of ether oxygens (including phenoxy) is 3. The maximum atomic E-state index is 13.7. The Morgan fingerprint density at radius 2 is 1.67 bits per heavy atom. The summed E-state index contributed by atoms with van der Waals surface area (Å²) < 4.78 is 47.4. The van der Waals surface area contributed by atoms with Gasteiger partial charge in [0, 0.05) is 49.2 Å². The Balaban J connectivity index is 1.81. The summed E-state index contributed by atoms with van der Waals surface area (Å²) in [5.74, 6) is 1.79. The summed E-state index contributed by atoms with van der Waals surface area (Å²) in [6.45, 7) is 3.30. The second-order valence-corrected chi connectivity index (χ2v) is 11.5. The molecule has 1 fully saturated rings. The molecule has 0 atom stereocenters. The Labute approximate surface area is 205 Å². The SMILES string of the molecule is COc1cc(OC)c(OC)cc1NS(=O)(=O)c1c(Br)sc2ccnc(N3CCN(C)CC3)c12. The van der Waals surface area contributed by atoms with Crippen molar-refractivity contribution in [3.63, 3.8) is 0 Å². The minimum absolute atomic E-state index is 0.154. The van der Waals surface area contributed by atoms with Crippen molar-refractivity contribution in [1.29, 1.82) is 0 Å². The number of piperazine rings is 1. The number of fused-ring (bicyclic) bond motifs is 1. The van der Waals surface area contributed by atoms with Gasteiger partial charge in [-0.3, -0.25) is 4.72 Å². The van der Waals surface area contributed by atoms with Crippen LogP contribution in [0.25, 0.3) is 10.1 Å². The van der Waals surface area contributed by atoms with E-state index in [1.165, 1.54) is 38.7 Å². The summed E-state index contributed by atoms with van der Waals surface area (Å²) in [6, 6.07) is 4.95. The molecule has 3 heterocycles. The van der Waals surface area contributed by atoms with Gasteiger partial charge in [0.2, 0.25) is 0 Å². The van der Waals surface area contributed by atoms with E-state index in [9.17, 15) is 8.42 Å². The molecular formula is C21H25BrN4O5S2. The van der Waals surface area contributed by atoms with E-state index < -0.39 is 10.0 Å². The van der Waals surface area contributed by atoms with E-state index in [2.05, 4.69) is 42.5 Å². The molecule has 0 unspecified atom stereocenters. The van der Waals surface area contributed by atoms with Crippen LogP contribution < -0.4 is 23.8 Å². The number of thiophene rings is 1. The lowest BCUT2D eigenvalue weighted by Gasteiger charge is -2.33. The first kappa shape index (κ1) is 23.9. The van der Waals surface area contributed by atoms with Gasteiger partial charge in [0.05, 0.1) is 36.2 Å². The van der Waals surface area contributed by atoms with E-state index in [-0.39, 0.29) is 10.6 Å². The number of sulfonamides is 1. The number of pyridine rings is 1. The monoisotopic (exact) mass is 556 g/mol. The molecule has 0 aliphatic carbocycles. The Morgan fingerprint density at radius 1 is 1.03 bits per heavy atom. The summed E-state index contributed by atoms with van der Waals surface area (Å²) in [5.41, 5.74) is 0.242. The van der Waals surface area contributed by atoms with Crippen LogP contribution in [-0.4, -0.2) is 72.9 Å². The number of halogens is 1. The third-order valence-electron chi connectivity index (χ3n) is 5.52. The average Bonchev–Trinajstić information content (AvgIpc) is 3.15. The minimum atomic E-state index is -4.02. The molecule has 4 rings (SSSR count). The average molecular weight is 557 g/mol. The van der Waals surface area contributed by atoms with Gasteiger partial charge >= 0.3 is 0 Å². The summed E-state index contributed by atoms with van der Waals surface area (Å²) in [5, 5.41) is 0.603. The van der Waals surface area contributed by atoms with Crippen LogP contribution in [0.4, 0.5) is 11.5 Å². The van der Waals surface area contributed by atoms with Crippen molar-refractivity contribution >= 4 is 58.9 Å². The molecule has 12 heteroatoms. The summed E-state index contributed by atoms with van der Waals surface area (Å²) in [6.07, 6.45) is 1.72. The predicted octanol–water partition coefficient (Wildman–Crippen LogP) is 3.64. The molecule has 0 bridgehead atoms. The number of anilines is 2. The van der Waals surface area contributed by atoms with Crippen molar-refractivity contribution < 1.29 is 22.6 Å². The number of rotatable bonds is 7.